The number of carbonyl (C=O) groups excluding carboxylic acids is 2. The first-order valence-electron chi connectivity index (χ1n) is 4.19. The summed E-state index contributed by atoms with van der Waals surface area (Å²) in [5.74, 6) is -0.0959. The molecule has 0 aromatic heterocycles. The van der Waals surface area contributed by atoms with Crippen molar-refractivity contribution < 1.29 is 14.3 Å². The molecule has 2 amide bonds. The molecule has 0 radical (unpaired) electrons. The van der Waals surface area contributed by atoms with Gasteiger partial charge in [0, 0.05) is 5.92 Å². The van der Waals surface area contributed by atoms with Crippen LogP contribution in [0, 0.1) is 5.92 Å². The van der Waals surface area contributed by atoms with Crippen molar-refractivity contribution in [2.24, 2.45) is 5.92 Å². The van der Waals surface area contributed by atoms with Gasteiger partial charge in [-0.3, -0.25) is 10.1 Å². The summed E-state index contributed by atoms with van der Waals surface area (Å²) in [7, 11) is 0. The zero-order valence-electron chi connectivity index (χ0n) is 6.92. The summed E-state index contributed by atoms with van der Waals surface area (Å²) in [5.41, 5.74) is -0.822. The minimum absolute atomic E-state index is 0.156. The molecule has 1 heterocycles. The Morgan fingerprint density at radius 2 is 2.33 bits per heavy atom. The summed E-state index contributed by atoms with van der Waals surface area (Å²) in [5, 5.41) is 2.18. The van der Waals surface area contributed by atoms with Gasteiger partial charge in [0.05, 0.1) is 0 Å². The van der Waals surface area contributed by atoms with Gasteiger partial charge < -0.3 is 4.74 Å². The summed E-state index contributed by atoms with van der Waals surface area (Å²) in [4.78, 5) is 22.2. The van der Waals surface area contributed by atoms with Crippen LogP contribution in [-0.2, 0) is 9.53 Å². The molecule has 12 heavy (non-hydrogen) atoms. The molecule has 1 saturated carbocycles. The molecule has 4 heteroatoms. The molecule has 0 bridgehead atoms. The third-order valence-electron chi connectivity index (χ3n) is 2.86. The molecule has 66 valence electrons. The lowest BCUT2D eigenvalue weighted by Gasteiger charge is -2.22. The van der Waals surface area contributed by atoms with Crippen LogP contribution in [-0.4, -0.2) is 17.6 Å². The van der Waals surface area contributed by atoms with Crippen molar-refractivity contribution in [3.05, 3.63) is 0 Å². The summed E-state index contributed by atoms with van der Waals surface area (Å²) >= 11 is 0. The van der Waals surface area contributed by atoms with Crippen LogP contribution in [0.5, 0.6) is 0 Å². The Morgan fingerprint density at radius 3 is 2.75 bits per heavy atom. The van der Waals surface area contributed by atoms with Crippen LogP contribution in [0.2, 0.25) is 0 Å². The molecule has 2 atom stereocenters. The van der Waals surface area contributed by atoms with Crippen molar-refractivity contribution in [2.75, 3.05) is 0 Å². The van der Waals surface area contributed by atoms with Crippen molar-refractivity contribution >= 4 is 12.0 Å². The van der Waals surface area contributed by atoms with E-state index in [2.05, 4.69) is 5.32 Å². The Hall–Kier alpha value is -1.06. The van der Waals surface area contributed by atoms with E-state index >= 15 is 0 Å². The molecule has 2 fully saturated rings. The maximum absolute atomic E-state index is 11.4. The van der Waals surface area contributed by atoms with Crippen LogP contribution in [0.3, 0.4) is 0 Å². The molecule has 1 spiro atoms. The van der Waals surface area contributed by atoms with E-state index in [1.54, 1.807) is 0 Å². The fourth-order valence-electron chi connectivity index (χ4n) is 2.08. The molecule has 0 aromatic carbocycles. The Kier molecular flexibility index (Phi) is 1.40. The Bertz CT molecular complexity index is 251. The van der Waals surface area contributed by atoms with Crippen LogP contribution in [0.25, 0.3) is 0 Å². The predicted molar refractivity (Wildman–Crippen MR) is 40.4 cm³/mol. The molecule has 1 N–H and O–H groups in total. The number of hydrogen-bond acceptors (Lipinski definition) is 3. The van der Waals surface area contributed by atoms with E-state index in [1.807, 2.05) is 6.92 Å². The van der Waals surface area contributed by atoms with Crippen LogP contribution in [0.4, 0.5) is 4.79 Å². The van der Waals surface area contributed by atoms with E-state index < -0.39 is 11.7 Å². The van der Waals surface area contributed by atoms with Crippen molar-refractivity contribution in [2.45, 2.75) is 31.8 Å². The van der Waals surface area contributed by atoms with Gasteiger partial charge in [0.1, 0.15) is 0 Å². The minimum atomic E-state index is -0.822. The van der Waals surface area contributed by atoms with E-state index in [0.717, 1.165) is 12.8 Å². The van der Waals surface area contributed by atoms with Gasteiger partial charge in [-0.05, 0) is 19.3 Å². The van der Waals surface area contributed by atoms with E-state index in [1.165, 1.54) is 0 Å². The average Bonchev–Trinajstić information content (AvgIpc) is 2.44. The van der Waals surface area contributed by atoms with E-state index in [4.69, 9.17) is 4.74 Å². The minimum Gasteiger partial charge on any atom is -0.432 e. The monoisotopic (exact) mass is 169 g/mol. The fraction of sp³-hybridized carbons (Fsp3) is 0.750. The average molecular weight is 169 g/mol. The number of imide groups is 1. The number of amides is 2. The third-order valence-corrected chi connectivity index (χ3v) is 2.86. The second-order valence-corrected chi connectivity index (χ2v) is 3.53. The first kappa shape index (κ1) is 7.58. The number of ether oxygens (including phenoxy) is 1. The molecule has 2 unspecified atom stereocenters. The highest BCUT2D eigenvalue weighted by atomic mass is 16.6. The van der Waals surface area contributed by atoms with Gasteiger partial charge >= 0.3 is 6.09 Å². The van der Waals surface area contributed by atoms with Gasteiger partial charge in [0.15, 0.2) is 5.60 Å². The maximum atomic E-state index is 11.4. The van der Waals surface area contributed by atoms with Gasteiger partial charge in [-0.25, -0.2) is 4.79 Å². The van der Waals surface area contributed by atoms with Crippen molar-refractivity contribution in [3.63, 3.8) is 0 Å². The molecular weight excluding hydrogens is 158 g/mol. The maximum Gasteiger partial charge on any atom is 0.415 e. The van der Waals surface area contributed by atoms with Gasteiger partial charge in [-0.15, -0.1) is 0 Å². The van der Waals surface area contributed by atoms with Gasteiger partial charge in [-0.1, -0.05) is 6.92 Å². The van der Waals surface area contributed by atoms with Crippen LogP contribution < -0.4 is 5.32 Å². The molecule has 0 aromatic rings. The first-order chi connectivity index (χ1) is 5.65. The van der Waals surface area contributed by atoms with E-state index in [9.17, 15) is 9.59 Å². The summed E-state index contributed by atoms with van der Waals surface area (Å²) < 4.78 is 5.03. The zero-order valence-corrected chi connectivity index (χ0v) is 6.92. The standard InChI is InChI=1S/C8H11NO3/c1-5-3-2-4-8(5)6(10)9-7(11)12-8/h5H,2-4H2,1H3,(H,9,10,11). The highest BCUT2D eigenvalue weighted by Crippen LogP contribution is 2.40. The van der Waals surface area contributed by atoms with Crippen molar-refractivity contribution in [1.29, 1.82) is 0 Å². The van der Waals surface area contributed by atoms with Gasteiger partial charge in [0.2, 0.25) is 0 Å². The Labute approximate surface area is 70.3 Å². The van der Waals surface area contributed by atoms with E-state index in [0.29, 0.717) is 6.42 Å². The third kappa shape index (κ3) is 0.777. The summed E-state index contributed by atoms with van der Waals surface area (Å²) in [6.45, 7) is 1.95. The molecule has 1 aliphatic carbocycles. The number of alkyl carbamates (subject to hydrolysis) is 1. The van der Waals surface area contributed by atoms with Crippen LogP contribution in [0.15, 0.2) is 0 Å². The normalized spacial score (nSPS) is 40.2. The summed E-state index contributed by atoms with van der Waals surface area (Å²) in [6, 6.07) is 0. The van der Waals surface area contributed by atoms with Crippen LogP contribution >= 0.6 is 0 Å². The highest BCUT2D eigenvalue weighted by molar-refractivity contribution is 6.03. The SMILES string of the molecule is CC1CCCC12OC(=O)NC2=O. The molecule has 2 rings (SSSR count). The highest BCUT2D eigenvalue weighted by Gasteiger charge is 2.55. The van der Waals surface area contributed by atoms with Crippen molar-refractivity contribution in [1.82, 2.24) is 5.32 Å². The smallest absolute Gasteiger partial charge is 0.415 e. The molecular formula is C8H11NO3. The lowest BCUT2D eigenvalue weighted by atomic mass is 9.92. The first-order valence-corrected chi connectivity index (χ1v) is 4.19. The molecule has 2 aliphatic rings. The number of rotatable bonds is 0. The molecule has 1 aliphatic heterocycles. The number of nitrogens with one attached hydrogen (secondary N) is 1. The summed E-state index contributed by atoms with van der Waals surface area (Å²) in [6.07, 6.45) is 2.00. The largest absolute Gasteiger partial charge is 0.432 e. The quantitative estimate of drug-likeness (QED) is 0.583. The van der Waals surface area contributed by atoms with Crippen molar-refractivity contribution in [3.8, 4) is 0 Å². The number of carbonyl (C=O) groups is 2. The van der Waals surface area contributed by atoms with Crippen LogP contribution in [0.1, 0.15) is 26.2 Å². The van der Waals surface area contributed by atoms with Gasteiger partial charge in [-0.2, -0.15) is 0 Å². The molecule has 4 nitrogen and oxygen atoms in total. The van der Waals surface area contributed by atoms with Gasteiger partial charge in [0.25, 0.3) is 5.91 Å². The predicted octanol–water partition coefficient (Wildman–Crippen LogP) is 0.812. The topological polar surface area (TPSA) is 55.4 Å². The van der Waals surface area contributed by atoms with E-state index in [-0.39, 0.29) is 11.8 Å². The second kappa shape index (κ2) is 2.21. The zero-order chi connectivity index (χ0) is 8.77. The number of hydrogen-bond donors (Lipinski definition) is 1. The fourth-order valence-corrected chi connectivity index (χ4v) is 2.08. The Balaban J connectivity index is 2.31. The Morgan fingerprint density at radius 1 is 1.58 bits per heavy atom. The lowest BCUT2D eigenvalue weighted by Crippen LogP contribution is -2.41. The lowest BCUT2D eigenvalue weighted by molar-refractivity contribution is -0.133. The second-order valence-electron chi connectivity index (χ2n) is 3.53. The molecule has 1 saturated heterocycles.